The minimum absolute atomic E-state index is 0.0448. The van der Waals surface area contributed by atoms with Gasteiger partial charge in [0, 0.05) is 30.5 Å². The second-order valence-corrected chi connectivity index (χ2v) is 7.01. The highest BCUT2D eigenvalue weighted by molar-refractivity contribution is 7.10. The fraction of sp³-hybridized carbons (Fsp3) is 0.438. The molecule has 0 aliphatic rings. The molecule has 0 atom stereocenters. The molecular weight excluding hydrogens is 348 g/mol. The van der Waals surface area contributed by atoms with Gasteiger partial charge in [0.15, 0.2) is 5.69 Å². The third-order valence-corrected chi connectivity index (χ3v) is 5.02. The molecule has 2 heterocycles. The van der Waals surface area contributed by atoms with E-state index >= 15 is 0 Å². The Bertz CT molecular complexity index is 655. The molecule has 8 heteroatoms. The number of rotatable bonds is 9. The van der Waals surface area contributed by atoms with E-state index in [1.807, 2.05) is 17.5 Å². The van der Waals surface area contributed by atoms with Gasteiger partial charge < -0.3 is 14.4 Å². The smallest absolute Gasteiger partial charge is 0.357 e. The predicted molar refractivity (Wildman–Crippen MR) is 93.4 cm³/mol. The second kappa shape index (κ2) is 9.51. The number of nitrogens with zero attached hydrogens (tertiary/aromatic N) is 2. The van der Waals surface area contributed by atoms with Gasteiger partial charge in [0.2, 0.25) is 5.91 Å². The Morgan fingerprint density at radius 2 is 2.12 bits per heavy atom. The molecule has 24 heavy (non-hydrogen) atoms. The molecule has 0 aromatic carbocycles. The molecule has 0 N–H and O–H groups in total. The molecule has 2 rings (SSSR count). The third kappa shape index (κ3) is 5.40. The van der Waals surface area contributed by atoms with Crippen LogP contribution in [-0.2, 0) is 27.2 Å². The summed E-state index contributed by atoms with van der Waals surface area (Å²) in [5, 5.41) is 4.33. The lowest BCUT2D eigenvalue weighted by molar-refractivity contribution is -0.131. The largest absolute Gasteiger partial charge is 0.464 e. The lowest BCUT2D eigenvalue weighted by atomic mass is 10.3. The third-order valence-electron chi connectivity index (χ3n) is 3.31. The summed E-state index contributed by atoms with van der Waals surface area (Å²) in [5.74, 6) is -0.420. The molecule has 0 radical (unpaired) electrons. The maximum absolute atomic E-state index is 12.6. The van der Waals surface area contributed by atoms with Crippen molar-refractivity contribution >= 4 is 34.6 Å². The van der Waals surface area contributed by atoms with Crippen molar-refractivity contribution in [3.8, 4) is 0 Å². The molecule has 0 fully saturated rings. The topological polar surface area (TPSA) is 68.7 Å². The Morgan fingerprint density at radius 3 is 2.79 bits per heavy atom. The van der Waals surface area contributed by atoms with Gasteiger partial charge >= 0.3 is 5.97 Å². The number of esters is 1. The van der Waals surface area contributed by atoms with Crippen LogP contribution in [0.4, 0.5) is 0 Å². The van der Waals surface area contributed by atoms with Crippen LogP contribution in [0.2, 0.25) is 0 Å². The van der Waals surface area contributed by atoms with Crippen LogP contribution in [0.5, 0.6) is 0 Å². The van der Waals surface area contributed by atoms with Gasteiger partial charge in [-0.2, -0.15) is 0 Å². The number of amides is 1. The van der Waals surface area contributed by atoms with Crippen LogP contribution in [-0.4, -0.2) is 49.1 Å². The molecule has 0 unspecified atom stereocenters. The van der Waals surface area contributed by atoms with Crippen LogP contribution in [0, 0.1) is 0 Å². The molecule has 0 aliphatic carbocycles. The van der Waals surface area contributed by atoms with Crippen molar-refractivity contribution in [2.45, 2.75) is 19.4 Å². The van der Waals surface area contributed by atoms with Gasteiger partial charge in [-0.15, -0.1) is 22.7 Å². The van der Waals surface area contributed by atoms with E-state index in [9.17, 15) is 9.59 Å². The first-order chi connectivity index (χ1) is 11.6. The van der Waals surface area contributed by atoms with E-state index in [-0.39, 0.29) is 11.6 Å². The van der Waals surface area contributed by atoms with E-state index in [1.54, 1.807) is 28.7 Å². The summed E-state index contributed by atoms with van der Waals surface area (Å²) in [6.45, 7) is 1.56. The zero-order valence-electron chi connectivity index (χ0n) is 13.7. The Kier molecular flexibility index (Phi) is 7.36. The van der Waals surface area contributed by atoms with Crippen molar-refractivity contribution < 1.29 is 19.1 Å². The molecular formula is C16H20N2O4S2. The quantitative estimate of drug-likeness (QED) is 0.503. The minimum atomic E-state index is -0.464. The molecule has 0 aliphatic heterocycles. The first-order valence-corrected chi connectivity index (χ1v) is 9.21. The van der Waals surface area contributed by atoms with Gasteiger partial charge in [-0.25, -0.2) is 9.78 Å². The summed E-state index contributed by atoms with van der Waals surface area (Å²) in [7, 11) is 2.96. The summed E-state index contributed by atoms with van der Waals surface area (Å²) in [4.78, 5) is 31.1. The Hall–Kier alpha value is -1.77. The van der Waals surface area contributed by atoms with Crippen LogP contribution >= 0.6 is 22.7 Å². The number of methoxy groups -OCH3 is 2. The maximum atomic E-state index is 12.6. The zero-order valence-corrected chi connectivity index (χ0v) is 15.3. The number of carbonyl (C=O) groups excluding carboxylic acids is 2. The summed E-state index contributed by atoms with van der Waals surface area (Å²) in [6.07, 6.45) is 1.13. The minimum Gasteiger partial charge on any atom is -0.464 e. The van der Waals surface area contributed by atoms with Crippen molar-refractivity contribution in [2.75, 3.05) is 27.4 Å². The van der Waals surface area contributed by atoms with Gasteiger partial charge in [0.1, 0.15) is 5.01 Å². The van der Waals surface area contributed by atoms with Gasteiger partial charge in [0.25, 0.3) is 0 Å². The van der Waals surface area contributed by atoms with Crippen molar-refractivity contribution in [3.05, 3.63) is 38.5 Å². The van der Waals surface area contributed by atoms with Gasteiger partial charge in [-0.3, -0.25) is 4.79 Å². The predicted octanol–water partition coefficient (Wildman–Crippen LogP) is 2.60. The molecule has 0 saturated carbocycles. The van der Waals surface area contributed by atoms with Crippen molar-refractivity contribution in [2.24, 2.45) is 0 Å². The fourth-order valence-corrected chi connectivity index (χ4v) is 3.58. The van der Waals surface area contributed by atoms with Crippen LogP contribution in [0.1, 0.15) is 26.8 Å². The number of thiophene rings is 1. The van der Waals surface area contributed by atoms with Crippen LogP contribution in [0.25, 0.3) is 0 Å². The highest BCUT2D eigenvalue weighted by Crippen LogP contribution is 2.16. The number of thiazole rings is 1. The zero-order chi connectivity index (χ0) is 17.4. The van der Waals surface area contributed by atoms with E-state index in [0.29, 0.717) is 31.1 Å². The Morgan fingerprint density at radius 1 is 1.29 bits per heavy atom. The van der Waals surface area contributed by atoms with Gasteiger partial charge in [0.05, 0.1) is 20.1 Å². The fourth-order valence-electron chi connectivity index (χ4n) is 2.11. The highest BCUT2D eigenvalue weighted by atomic mass is 32.1. The first-order valence-electron chi connectivity index (χ1n) is 7.46. The SMILES string of the molecule is COCCCN(Cc1nc(C(=O)OC)cs1)C(=O)Cc1cccs1. The monoisotopic (exact) mass is 368 g/mol. The molecule has 130 valence electrons. The van der Waals surface area contributed by atoms with E-state index in [4.69, 9.17) is 4.74 Å². The summed E-state index contributed by atoms with van der Waals surface area (Å²) >= 11 is 2.92. The number of ether oxygens (including phenoxy) is 2. The Labute approximate surface area is 149 Å². The van der Waals surface area contributed by atoms with E-state index in [1.165, 1.54) is 18.4 Å². The van der Waals surface area contributed by atoms with Crippen molar-refractivity contribution in [1.82, 2.24) is 9.88 Å². The van der Waals surface area contributed by atoms with Crippen molar-refractivity contribution in [3.63, 3.8) is 0 Å². The molecule has 0 spiro atoms. The second-order valence-electron chi connectivity index (χ2n) is 5.04. The average molecular weight is 368 g/mol. The van der Waals surface area contributed by atoms with E-state index < -0.39 is 5.97 Å². The molecule has 0 saturated heterocycles. The van der Waals surface area contributed by atoms with Crippen molar-refractivity contribution in [1.29, 1.82) is 0 Å². The normalized spacial score (nSPS) is 10.6. The number of carbonyl (C=O) groups is 2. The molecule has 6 nitrogen and oxygen atoms in total. The highest BCUT2D eigenvalue weighted by Gasteiger charge is 2.18. The van der Waals surface area contributed by atoms with E-state index in [2.05, 4.69) is 9.72 Å². The maximum Gasteiger partial charge on any atom is 0.357 e. The molecule has 1 amide bonds. The van der Waals surface area contributed by atoms with Crippen LogP contribution in [0.3, 0.4) is 0 Å². The lowest BCUT2D eigenvalue weighted by Gasteiger charge is -2.21. The summed E-state index contributed by atoms with van der Waals surface area (Å²) < 4.78 is 9.73. The average Bonchev–Trinajstić information content (AvgIpc) is 3.25. The Balaban J connectivity index is 2.03. The molecule has 0 bridgehead atoms. The standard InChI is InChI=1S/C16H20N2O4S2/c1-21-7-4-6-18(15(19)9-12-5-3-8-23-12)10-14-17-13(11-24-14)16(20)22-2/h3,5,8,11H,4,6-7,9-10H2,1-2H3. The molecule has 2 aromatic rings. The number of aromatic nitrogens is 1. The summed E-state index contributed by atoms with van der Waals surface area (Å²) in [6, 6.07) is 3.89. The van der Waals surface area contributed by atoms with E-state index in [0.717, 1.165) is 11.3 Å². The number of hydrogen-bond acceptors (Lipinski definition) is 7. The number of hydrogen-bond donors (Lipinski definition) is 0. The lowest BCUT2D eigenvalue weighted by Crippen LogP contribution is -2.33. The van der Waals surface area contributed by atoms with Crippen LogP contribution < -0.4 is 0 Å². The molecule has 2 aromatic heterocycles. The first kappa shape index (κ1) is 18.6. The summed E-state index contributed by atoms with van der Waals surface area (Å²) in [5.41, 5.74) is 0.278. The van der Waals surface area contributed by atoms with Gasteiger partial charge in [-0.1, -0.05) is 6.07 Å². The van der Waals surface area contributed by atoms with Crippen LogP contribution in [0.15, 0.2) is 22.9 Å². The van der Waals surface area contributed by atoms with Gasteiger partial charge in [-0.05, 0) is 17.9 Å².